The van der Waals surface area contributed by atoms with Crippen LogP contribution in [0.15, 0.2) is 12.1 Å². The fourth-order valence-electron chi connectivity index (χ4n) is 1.87. The number of unbranched alkanes of at least 4 members (excludes halogenated alkanes) is 1. The van der Waals surface area contributed by atoms with Crippen LogP contribution in [-0.4, -0.2) is 18.6 Å². The molecule has 0 aromatic heterocycles. The molecule has 0 saturated carbocycles. The molecule has 0 bridgehead atoms. The minimum atomic E-state index is -0.0753. The van der Waals surface area contributed by atoms with Gasteiger partial charge in [0.15, 0.2) is 0 Å². The van der Waals surface area contributed by atoms with E-state index in [1.54, 1.807) is 0 Å². The summed E-state index contributed by atoms with van der Waals surface area (Å²) in [6, 6.07) is 3.86. The predicted octanol–water partition coefficient (Wildman–Crippen LogP) is 3.68. The van der Waals surface area contributed by atoms with Crippen molar-refractivity contribution in [2.24, 2.45) is 0 Å². The van der Waals surface area contributed by atoms with E-state index in [2.05, 4.69) is 11.6 Å². The Morgan fingerprint density at radius 1 is 1.18 bits per heavy atom. The van der Waals surface area contributed by atoms with Crippen LogP contribution in [-0.2, 0) is 6.54 Å². The summed E-state index contributed by atoms with van der Waals surface area (Å²) in [7, 11) is 0. The lowest BCUT2D eigenvalue weighted by Gasteiger charge is -2.08. The molecule has 0 radical (unpaired) electrons. The fraction of sp³-hybridized carbons (Fsp3) is 0.571. The number of hydrogen-bond acceptors (Lipinski definition) is 2. The molecule has 0 saturated heterocycles. The van der Waals surface area contributed by atoms with Gasteiger partial charge in [-0.25, -0.2) is 4.39 Å². The van der Waals surface area contributed by atoms with Crippen LogP contribution in [0.2, 0.25) is 0 Å². The zero-order chi connectivity index (χ0) is 12.7. The lowest BCUT2D eigenvalue weighted by molar-refractivity contribution is 0.604. The Hall–Kier alpha value is -0.540. The molecule has 0 aliphatic rings. The molecule has 0 amide bonds. The Labute approximate surface area is 108 Å². The summed E-state index contributed by atoms with van der Waals surface area (Å²) >= 11 is 1.89. The lowest BCUT2D eigenvalue weighted by Crippen LogP contribution is -2.15. The van der Waals surface area contributed by atoms with Gasteiger partial charge < -0.3 is 5.32 Å². The highest BCUT2D eigenvalue weighted by atomic mass is 32.2. The van der Waals surface area contributed by atoms with Gasteiger partial charge in [0, 0.05) is 6.54 Å². The van der Waals surface area contributed by atoms with E-state index < -0.39 is 0 Å². The second-order valence-corrected chi connectivity index (χ2v) is 5.41. The molecule has 1 nitrogen and oxygen atoms in total. The molecule has 3 heteroatoms. The molecule has 0 unspecified atom stereocenters. The van der Waals surface area contributed by atoms with Gasteiger partial charge in [-0.15, -0.1) is 0 Å². The van der Waals surface area contributed by atoms with E-state index in [9.17, 15) is 4.39 Å². The summed E-state index contributed by atoms with van der Waals surface area (Å²) in [6.07, 6.45) is 4.60. The summed E-state index contributed by atoms with van der Waals surface area (Å²) in [5, 5.41) is 3.40. The second kappa shape index (κ2) is 7.72. The third-order valence-electron chi connectivity index (χ3n) is 2.78. The minimum absolute atomic E-state index is 0.0753. The van der Waals surface area contributed by atoms with Crippen LogP contribution >= 0.6 is 11.8 Å². The van der Waals surface area contributed by atoms with Crippen LogP contribution in [0.4, 0.5) is 4.39 Å². The Balaban J connectivity index is 2.32. The number of halogens is 1. The maximum absolute atomic E-state index is 13.4. The molecule has 0 fully saturated rings. The van der Waals surface area contributed by atoms with E-state index >= 15 is 0 Å². The van der Waals surface area contributed by atoms with Crippen LogP contribution < -0.4 is 5.32 Å². The third-order valence-corrected chi connectivity index (χ3v) is 3.47. The average Bonchev–Trinajstić information content (AvgIpc) is 2.30. The molecule has 1 N–H and O–H groups in total. The lowest BCUT2D eigenvalue weighted by atomic mass is 10.1. The Bertz CT molecular complexity index is 329. The third kappa shape index (κ3) is 5.09. The molecule has 96 valence electrons. The SMILES string of the molecule is CSCCCCNCc1cc(C)c(F)c(C)c1. The largest absolute Gasteiger partial charge is 0.313 e. The topological polar surface area (TPSA) is 12.0 Å². The molecular formula is C14H22FNS. The summed E-state index contributed by atoms with van der Waals surface area (Å²) < 4.78 is 13.4. The molecule has 1 rings (SSSR count). The van der Waals surface area contributed by atoms with Gasteiger partial charge in [0.2, 0.25) is 0 Å². The summed E-state index contributed by atoms with van der Waals surface area (Å²) in [4.78, 5) is 0. The van der Waals surface area contributed by atoms with Crippen molar-refractivity contribution in [2.75, 3.05) is 18.6 Å². The molecular weight excluding hydrogens is 233 g/mol. The van der Waals surface area contributed by atoms with Crippen LogP contribution in [0.3, 0.4) is 0 Å². The van der Waals surface area contributed by atoms with Crippen LogP contribution in [0.5, 0.6) is 0 Å². The first-order valence-corrected chi connectivity index (χ1v) is 7.50. The van der Waals surface area contributed by atoms with Gasteiger partial charge in [0.05, 0.1) is 0 Å². The molecule has 1 aromatic rings. The Kier molecular flexibility index (Phi) is 6.60. The van der Waals surface area contributed by atoms with Gasteiger partial charge in [-0.05, 0) is 61.9 Å². The predicted molar refractivity (Wildman–Crippen MR) is 75.2 cm³/mol. The van der Waals surface area contributed by atoms with Gasteiger partial charge in [-0.3, -0.25) is 0 Å². The molecule has 0 spiro atoms. The average molecular weight is 255 g/mol. The van der Waals surface area contributed by atoms with Crippen molar-refractivity contribution in [1.82, 2.24) is 5.32 Å². The Morgan fingerprint density at radius 3 is 2.41 bits per heavy atom. The standard InChI is InChI=1S/C14H22FNS/c1-11-8-13(9-12(2)14(11)15)10-16-6-4-5-7-17-3/h8-9,16H,4-7,10H2,1-3H3. The first-order valence-electron chi connectivity index (χ1n) is 6.10. The zero-order valence-electron chi connectivity index (χ0n) is 11.0. The van der Waals surface area contributed by atoms with Crippen molar-refractivity contribution in [3.05, 3.63) is 34.6 Å². The zero-order valence-corrected chi connectivity index (χ0v) is 11.8. The van der Waals surface area contributed by atoms with E-state index in [1.165, 1.54) is 24.2 Å². The van der Waals surface area contributed by atoms with Crippen molar-refractivity contribution in [3.8, 4) is 0 Å². The summed E-state index contributed by atoms with van der Waals surface area (Å²) in [6.45, 7) is 5.52. The minimum Gasteiger partial charge on any atom is -0.313 e. The molecule has 1 aromatic carbocycles. The van der Waals surface area contributed by atoms with Gasteiger partial charge in [-0.2, -0.15) is 11.8 Å². The number of rotatable bonds is 7. The highest BCUT2D eigenvalue weighted by molar-refractivity contribution is 7.98. The summed E-state index contributed by atoms with van der Waals surface area (Å²) in [5.41, 5.74) is 2.65. The first kappa shape index (κ1) is 14.5. The quantitative estimate of drug-likeness (QED) is 0.746. The molecule has 0 aliphatic heterocycles. The molecule has 0 aliphatic carbocycles. The number of hydrogen-bond donors (Lipinski definition) is 1. The maximum Gasteiger partial charge on any atom is 0.129 e. The molecule has 0 atom stereocenters. The van der Waals surface area contributed by atoms with Crippen LogP contribution in [0.25, 0.3) is 0 Å². The van der Waals surface area contributed by atoms with E-state index in [0.29, 0.717) is 0 Å². The van der Waals surface area contributed by atoms with Crippen molar-refractivity contribution < 1.29 is 4.39 Å². The van der Waals surface area contributed by atoms with Crippen LogP contribution in [0, 0.1) is 19.7 Å². The van der Waals surface area contributed by atoms with Crippen molar-refractivity contribution >= 4 is 11.8 Å². The maximum atomic E-state index is 13.4. The van der Waals surface area contributed by atoms with Gasteiger partial charge in [0.1, 0.15) is 5.82 Å². The second-order valence-electron chi connectivity index (χ2n) is 4.42. The molecule has 0 heterocycles. The van der Waals surface area contributed by atoms with E-state index in [0.717, 1.165) is 24.2 Å². The highest BCUT2D eigenvalue weighted by Crippen LogP contribution is 2.14. The van der Waals surface area contributed by atoms with Crippen molar-refractivity contribution in [3.63, 3.8) is 0 Å². The number of nitrogens with one attached hydrogen (secondary N) is 1. The summed E-state index contributed by atoms with van der Waals surface area (Å²) in [5.74, 6) is 1.16. The Morgan fingerprint density at radius 2 is 1.82 bits per heavy atom. The van der Waals surface area contributed by atoms with Gasteiger partial charge >= 0.3 is 0 Å². The van der Waals surface area contributed by atoms with Crippen LogP contribution in [0.1, 0.15) is 29.5 Å². The van der Waals surface area contributed by atoms with E-state index in [4.69, 9.17) is 0 Å². The van der Waals surface area contributed by atoms with Crippen molar-refractivity contribution in [2.45, 2.75) is 33.2 Å². The number of thioether (sulfide) groups is 1. The first-order chi connectivity index (χ1) is 8.15. The number of benzene rings is 1. The van der Waals surface area contributed by atoms with Gasteiger partial charge in [0.25, 0.3) is 0 Å². The van der Waals surface area contributed by atoms with Crippen molar-refractivity contribution in [1.29, 1.82) is 0 Å². The van der Waals surface area contributed by atoms with E-state index in [-0.39, 0.29) is 5.82 Å². The monoisotopic (exact) mass is 255 g/mol. The normalized spacial score (nSPS) is 10.8. The van der Waals surface area contributed by atoms with Gasteiger partial charge in [-0.1, -0.05) is 12.1 Å². The fourth-order valence-corrected chi connectivity index (χ4v) is 2.36. The number of aryl methyl sites for hydroxylation is 2. The van der Waals surface area contributed by atoms with E-state index in [1.807, 2.05) is 37.7 Å². The highest BCUT2D eigenvalue weighted by Gasteiger charge is 2.03. The molecule has 17 heavy (non-hydrogen) atoms. The smallest absolute Gasteiger partial charge is 0.129 e.